The summed E-state index contributed by atoms with van der Waals surface area (Å²) >= 11 is 0. The lowest BCUT2D eigenvalue weighted by Crippen LogP contribution is -2.53. The molecule has 31 heavy (non-hydrogen) atoms. The van der Waals surface area contributed by atoms with Gasteiger partial charge in [-0.2, -0.15) is 0 Å². The Hall–Kier alpha value is -2.49. The molecular formula is C21H33N3O7. The first kappa shape index (κ1) is 24.8. The molecule has 3 amide bonds. The van der Waals surface area contributed by atoms with Crippen molar-refractivity contribution >= 4 is 30.0 Å². The van der Waals surface area contributed by atoms with Crippen LogP contribution in [0, 0.1) is 11.8 Å². The number of hydrogen-bond acceptors (Lipinski definition) is 6. The SMILES string of the molecule is CC(C)C[C@@H](C=O)NC(=O)C1O[C@@H]1C(=O)N[C@H](CC(C)C)C(=O)N1CCC[C@H]1C(=O)O. The third kappa shape index (κ3) is 6.75. The van der Waals surface area contributed by atoms with E-state index < -0.39 is 54.0 Å². The highest BCUT2D eigenvalue weighted by molar-refractivity contribution is 5.98. The van der Waals surface area contributed by atoms with Crippen LogP contribution in [0.1, 0.15) is 53.4 Å². The average molecular weight is 440 g/mol. The molecule has 5 atom stereocenters. The summed E-state index contributed by atoms with van der Waals surface area (Å²) in [4.78, 5) is 61.7. The van der Waals surface area contributed by atoms with E-state index >= 15 is 0 Å². The predicted octanol–water partition coefficient (Wildman–Crippen LogP) is 0.0901. The van der Waals surface area contributed by atoms with Gasteiger partial charge in [-0.25, -0.2) is 4.79 Å². The molecule has 0 saturated carbocycles. The molecule has 0 radical (unpaired) electrons. The van der Waals surface area contributed by atoms with Crippen molar-refractivity contribution in [2.45, 2.75) is 83.7 Å². The van der Waals surface area contributed by atoms with Gasteiger partial charge in [-0.1, -0.05) is 27.7 Å². The normalized spacial score (nSPS) is 24.6. The Morgan fingerprint density at radius 1 is 1.03 bits per heavy atom. The minimum Gasteiger partial charge on any atom is -0.480 e. The molecule has 2 fully saturated rings. The molecule has 0 aliphatic carbocycles. The van der Waals surface area contributed by atoms with Crippen LogP contribution in [-0.4, -0.2) is 76.9 Å². The van der Waals surface area contributed by atoms with E-state index in [1.807, 2.05) is 27.7 Å². The van der Waals surface area contributed by atoms with E-state index in [4.69, 9.17) is 4.74 Å². The van der Waals surface area contributed by atoms with Gasteiger partial charge in [0.2, 0.25) is 5.91 Å². The number of likely N-dealkylation sites (tertiary alicyclic amines) is 1. The van der Waals surface area contributed by atoms with Crippen LogP contribution in [0.4, 0.5) is 0 Å². The highest BCUT2D eigenvalue weighted by Crippen LogP contribution is 2.25. The average Bonchev–Trinajstić information content (AvgIpc) is 3.33. The van der Waals surface area contributed by atoms with E-state index in [1.165, 1.54) is 4.90 Å². The van der Waals surface area contributed by atoms with Crippen LogP contribution in [-0.2, 0) is 28.7 Å². The van der Waals surface area contributed by atoms with Crippen LogP contribution >= 0.6 is 0 Å². The highest BCUT2D eigenvalue weighted by atomic mass is 16.6. The van der Waals surface area contributed by atoms with E-state index in [1.54, 1.807) is 0 Å². The molecule has 0 aromatic heterocycles. The van der Waals surface area contributed by atoms with Crippen molar-refractivity contribution in [3.05, 3.63) is 0 Å². The molecule has 0 aromatic rings. The molecule has 2 saturated heterocycles. The summed E-state index contributed by atoms with van der Waals surface area (Å²) in [5.74, 6) is -2.37. The van der Waals surface area contributed by atoms with Gasteiger partial charge >= 0.3 is 5.97 Å². The van der Waals surface area contributed by atoms with Gasteiger partial charge in [-0.05, 0) is 37.5 Å². The Morgan fingerprint density at radius 2 is 1.61 bits per heavy atom. The number of carboxylic acid groups (broad SMARTS) is 1. The fourth-order valence-corrected chi connectivity index (χ4v) is 3.87. The van der Waals surface area contributed by atoms with Crippen molar-refractivity contribution in [3.8, 4) is 0 Å². The number of epoxide rings is 1. The molecule has 10 nitrogen and oxygen atoms in total. The highest BCUT2D eigenvalue weighted by Gasteiger charge is 2.51. The van der Waals surface area contributed by atoms with Crippen LogP contribution in [0.25, 0.3) is 0 Å². The minimum absolute atomic E-state index is 0.0729. The van der Waals surface area contributed by atoms with Crippen LogP contribution in [0.3, 0.4) is 0 Å². The second-order valence-electron chi connectivity index (χ2n) is 9.08. The van der Waals surface area contributed by atoms with E-state index in [-0.39, 0.29) is 11.8 Å². The molecule has 174 valence electrons. The summed E-state index contributed by atoms with van der Waals surface area (Å²) in [6, 6.07) is -2.45. The number of nitrogens with one attached hydrogen (secondary N) is 2. The van der Waals surface area contributed by atoms with E-state index in [9.17, 15) is 29.1 Å². The zero-order valence-corrected chi connectivity index (χ0v) is 18.5. The molecule has 0 bridgehead atoms. The summed E-state index contributed by atoms with van der Waals surface area (Å²) in [7, 11) is 0. The number of nitrogens with zero attached hydrogens (tertiary/aromatic N) is 1. The van der Waals surface area contributed by atoms with Gasteiger partial charge in [0, 0.05) is 6.54 Å². The predicted molar refractivity (Wildman–Crippen MR) is 110 cm³/mol. The zero-order valence-electron chi connectivity index (χ0n) is 18.5. The monoisotopic (exact) mass is 439 g/mol. The number of ether oxygens (including phenoxy) is 1. The second-order valence-corrected chi connectivity index (χ2v) is 9.08. The van der Waals surface area contributed by atoms with Crippen molar-refractivity contribution in [1.29, 1.82) is 0 Å². The van der Waals surface area contributed by atoms with E-state index in [2.05, 4.69) is 10.6 Å². The maximum absolute atomic E-state index is 13.0. The van der Waals surface area contributed by atoms with Crippen molar-refractivity contribution in [2.75, 3.05) is 6.54 Å². The van der Waals surface area contributed by atoms with Gasteiger partial charge in [0.05, 0.1) is 6.04 Å². The summed E-state index contributed by atoms with van der Waals surface area (Å²) < 4.78 is 5.20. The van der Waals surface area contributed by atoms with Crippen LogP contribution in [0.2, 0.25) is 0 Å². The Kier molecular flexibility index (Phi) is 8.55. The van der Waals surface area contributed by atoms with Crippen molar-refractivity contribution < 1.29 is 33.8 Å². The van der Waals surface area contributed by atoms with Gasteiger partial charge < -0.3 is 30.2 Å². The lowest BCUT2D eigenvalue weighted by atomic mass is 10.0. The number of amides is 3. The largest absolute Gasteiger partial charge is 0.480 e. The molecule has 2 rings (SSSR count). The van der Waals surface area contributed by atoms with Gasteiger partial charge in [-0.3, -0.25) is 14.4 Å². The maximum Gasteiger partial charge on any atom is 0.326 e. The van der Waals surface area contributed by atoms with Gasteiger partial charge in [0.1, 0.15) is 18.4 Å². The van der Waals surface area contributed by atoms with E-state index in [0.717, 1.165) is 0 Å². The number of carboxylic acids is 1. The van der Waals surface area contributed by atoms with Crippen LogP contribution in [0.5, 0.6) is 0 Å². The topological polar surface area (TPSA) is 145 Å². The smallest absolute Gasteiger partial charge is 0.326 e. The molecule has 2 aliphatic rings. The molecule has 0 spiro atoms. The Balaban J connectivity index is 1.97. The summed E-state index contributed by atoms with van der Waals surface area (Å²) in [6.07, 6.45) is 0.384. The van der Waals surface area contributed by atoms with Gasteiger partial charge in [0.15, 0.2) is 12.2 Å². The number of hydrogen-bond donors (Lipinski definition) is 3. The fourth-order valence-electron chi connectivity index (χ4n) is 3.87. The third-order valence-electron chi connectivity index (χ3n) is 5.37. The van der Waals surface area contributed by atoms with Crippen molar-refractivity contribution in [1.82, 2.24) is 15.5 Å². The maximum atomic E-state index is 13.0. The third-order valence-corrected chi connectivity index (χ3v) is 5.37. The number of carbonyl (C=O) groups excluding carboxylic acids is 4. The van der Waals surface area contributed by atoms with Crippen molar-refractivity contribution in [2.24, 2.45) is 11.8 Å². The molecular weight excluding hydrogens is 406 g/mol. The Bertz CT molecular complexity index is 709. The lowest BCUT2D eigenvalue weighted by Gasteiger charge is -2.28. The standard InChI is InChI=1S/C21H33N3O7/c1-11(2)8-13(10-25)22-18(26)16-17(31-16)19(27)23-14(9-12(3)4)20(28)24-7-5-6-15(24)21(29)30/h10-17H,5-9H2,1-4H3,(H,22,26)(H,23,27)(H,29,30)/t13-,14+,15-,16?,17-/m0/s1. The minimum atomic E-state index is -1.06. The molecule has 2 aliphatic heterocycles. The first-order chi connectivity index (χ1) is 14.5. The number of aliphatic carboxylic acids is 1. The second kappa shape index (κ2) is 10.7. The van der Waals surface area contributed by atoms with Crippen molar-refractivity contribution in [3.63, 3.8) is 0 Å². The Labute approximate surface area is 182 Å². The number of carbonyl (C=O) groups is 5. The van der Waals surface area contributed by atoms with E-state index in [0.29, 0.717) is 38.5 Å². The Morgan fingerprint density at radius 3 is 2.13 bits per heavy atom. The first-order valence-corrected chi connectivity index (χ1v) is 10.8. The first-order valence-electron chi connectivity index (χ1n) is 10.8. The van der Waals surface area contributed by atoms with Crippen LogP contribution in [0.15, 0.2) is 0 Å². The number of rotatable bonds is 11. The molecule has 0 aromatic carbocycles. The molecule has 10 heteroatoms. The van der Waals surface area contributed by atoms with Gasteiger partial charge in [0.25, 0.3) is 11.8 Å². The fraction of sp³-hybridized carbons (Fsp3) is 0.762. The summed E-state index contributed by atoms with van der Waals surface area (Å²) in [6.45, 7) is 7.96. The zero-order chi connectivity index (χ0) is 23.3. The number of aldehydes is 1. The quantitative estimate of drug-likeness (QED) is 0.305. The lowest BCUT2D eigenvalue weighted by molar-refractivity contribution is -0.149. The summed E-state index contributed by atoms with van der Waals surface area (Å²) in [5.41, 5.74) is 0. The molecule has 1 unspecified atom stereocenters. The van der Waals surface area contributed by atoms with Crippen LogP contribution < -0.4 is 10.6 Å². The molecule has 2 heterocycles. The van der Waals surface area contributed by atoms with Gasteiger partial charge in [-0.15, -0.1) is 0 Å². The summed E-state index contributed by atoms with van der Waals surface area (Å²) in [5, 5.41) is 14.5. The molecule has 3 N–H and O–H groups in total.